The number of ketones is 1. The second kappa shape index (κ2) is 56.1. The summed E-state index contributed by atoms with van der Waals surface area (Å²) in [6, 6.07) is 4.01. The first-order chi connectivity index (χ1) is 37.3. The molecule has 0 heterocycles. The monoisotopic (exact) mass is 1070 g/mol. The van der Waals surface area contributed by atoms with E-state index < -0.39 is 5.92 Å². The molecule has 0 aromatic heterocycles. The smallest absolute Gasteiger partial charge is 0.309 e. The van der Waals surface area contributed by atoms with E-state index in [0.29, 0.717) is 43.5 Å². The number of hydrogen-bond donors (Lipinski definition) is 0. The molecule has 0 fully saturated rings. The minimum atomic E-state index is -0.434. The van der Waals surface area contributed by atoms with Gasteiger partial charge in [-0.05, 0) is 56.2 Å². The maximum Gasteiger partial charge on any atom is 0.309 e. The molecule has 0 aliphatic heterocycles. The van der Waals surface area contributed by atoms with Crippen LogP contribution < -0.4 is 14.2 Å². The summed E-state index contributed by atoms with van der Waals surface area (Å²) in [6.45, 7) is 14.6. The molecule has 1 aromatic rings. The molecule has 1 atom stereocenters. The van der Waals surface area contributed by atoms with Crippen LogP contribution in [0.15, 0.2) is 12.1 Å². The highest BCUT2D eigenvalue weighted by Gasteiger charge is 2.24. The van der Waals surface area contributed by atoms with E-state index in [2.05, 4.69) is 34.6 Å². The molecule has 0 unspecified atom stereocenters. The number of esters is 1. The highest BCUT2D eigenvalue weighted by Crippen LogP contribution is 2.40. The molecule has 6 nitrogen and oxygen atoms in total. The Kier molecular flexibility index (Phi) is 52.9. The molecular weight excluding hydrogens is 937 g/mol. The molecule has 1 aromatic carbocycles. The van der Waals surface area contributed by atoms with Crippen LogP contribution in [0, 0.1) is 11.8 Å². The Balaban J connectivity index is 2.83. The first-order valence-corrected chi connectivity index (χ1v) is 34.0. The third kappa shape index (κ3) is 46.7. The Bertz CT molecular complexity index is 1330. The fourth-order valence-electron chi connectivity index (χ4n) is 11.0. The maximum absolute atomic E-state index is 13.4. The van der Waals surface area contributed by atoms with E-state index in [0.717, 1.165) is 44.1 Å². The van der Waals surface area contributed by atoms with Crippen LogP contribution >= 0.6 is 0 Å². The van der Waals surface area contributed by atoms with E-state index in [1.54, 1.807) is 6.92 Å². The average Bonchev–Trinajstić information content (AvgIpc) is 3.40. The van der Waals surface area contributed by atoms with E-state index >= 15 is 0 Å². The number of ether oxygens (including phenoxy) is 4. The molecular formula is C70H130O6. The lowest BCUT2D eigenvalue weighted by atomic mass is 9.93. The number of unbranched alkanes of at least 4 members (excludes halogenated alkanes) is 45. The quantitative estimate of drug-likeness (QED) is 0.0478. The summed E-state index contributed by atoms with van der Waals surface area (Å²) in [5.74, 6) is 1.64. The van der Waals surface area contributed by atoms with E-state index in [1.165, 1.54) is 270 Å². The minimum absolute atomic E-state index is 0.0167. The third-order valence-electron chi connectivity index (χ3n) is 15.8. The van der Waals surface area contributed by atoms with Crippen molar-refractivity contribution in [2.45, 2.75) is 369 Å². The van der Waals surface area contributed by atoms with Gasteiger partial charge in [0.25, 0.3) is 0 Å². The molecule has 0 N–H and O–H groups in total. The number of hydrogen-bond acceptors (Lipinski definition) is 6. The molecule has 446 valence electrons. The first kappa shape index (κ1) is 71.8. The van der Waals surface area contributed by atoms with E-state index in [1.807, 2.05) is 12.1 Å². The number of carbonyl (C=O) groups excluding carboxylic acids is 2. The van der Waals surface area contributed by atoms with E-state index in [-0.39, 0.29) is 30.7 Å². The standard InChI is InChI=1S/C70H130O6/c1-7-10-13-16-19-22-25-28-31-34-37-40-43-46-49-52-55-73-67-60-65(62-76-70(72)66(58-63(4)5)59-64(6)71)61-68(74-56-53-50-47-44-41-38-35-32-29-26-23-20-17-14-11-8-2)69(67)75-57-54-51-48-45-42-39-36-33-30-27-24-21-18-15-12-9-3/h60-61,63,66H,7-59,62H2,1-6H3/t66-/m1/s1. The highest BCUT2D eigenvalue weighted by atomic mass is 16.5. The van der Waals surface area contributed by atoms with Gasteiger partial charge in [-0.3, -0.25) is 4.79 Å². The summed E-state index contributed by atoms with van der Waals surface area (Å²) in [6.07, 6.45) is 65.1. The van der Waals surface area contributed by atoms with Crippen LogP contribution in [-0.4, -0.2) is 31.6 Å². The largest absolute Gasteiger partial charge is 0.490 e. The van der Waals surface area contributed by atoms with Gasteiger partial charge in [0.05, 0.1) is 25.7 Å². The van der Waals surface area contributed by atoms with Crippen molar-refractivity contribution in [2.75, 3.05) is 19.8 Å². The zero-order chi connectivity index (χ0) is 55.0. The second-order valence-corrected chi connectivity index (χ2v) is 24.2. The van der Waals surface area contributed by atoms with Crippen LogP contribution in [0.5, 0.6) is 17.2 Å². The van der Waals surface area contributed by atoms with Crippen molar-refractivity contribution in [3.8, 4) is 17.2 Å². The minimum Gasteiger partial charge on any atom is -0.490 e. The lowest BCUT2D eigenvalue weighted by molar-refractivity contribution is -0.152. The predicted octanol–water partition coefficient (Wildman–Crippen LogP) is 23.3. The van der Waals surface area contributed by atoms with Crippen molar-refractivity contribution >= 4 is 11.8 Å². The summed E-state index contributed by atoms with van der Waals surface area (Å²) in [4.78, 5) is 25.6. The average molecular weight is 1070 g/mol. The van der Waals surface area contributed by atoms with Gasteiger partial charge in [0.2, 0.25) is 5.75 Å². The third-order valence-corrected chi connectivity index (χ3v) is 15.8. The van der Waals surface area contributed by atoms with E-state index in [9.17, 15) is 9.59 Å². The number of benzene rings is 1. The predicted molar refractivity (Wildman–Crippen MR) is 330 cm³/mol. The lowest BCUT2D eigenvalue weighted by Gasteiger charge is -2.20. The summed E-state index contributed by atoms with van der Waals surface area (Å²) < 4.78 is 25.9. The Morgan fingerprint density at radius 2 is 0.618 bits per heavy atom. The zero-order valence-corrected chi connectivity index (χ0v) is 51.9. The number of rotatable bonds is 61. The first-order valence-electron chi connectivity index (χ1n) is 34.0. The van der Waals surface area contributed by atoms with Crippen LogP contribution in [0.2, 0.25) is 0 Å². The molecule has 6 heteroatoms. The molecule has 0 amide bonds. The van der Waals surface area contributed by atoms with Crippen molar-refractivity contribution in [3.63, 3.8) is 0 Å². The molecule has 0 saturated heterocycles. The van der Waals surface area contributed by atoms with Gasteiger partial charge < -0.3 is 23.7 Å². The van der Waals surface area contributed by atoms with Gasteiger partial charge >= 0.3 is 5.97 Å². The Morgan fingerprint density at radius 3 is 0.868 bits per heavy atom. The zero-order valence-electron chi connectivity index (χ0n) is 51.9. The van der Waals surface area contributed by atoms with Gasteiger partial charge in [0, 0.05) is 6.42 Å². The normalized spacial score (nSPS) is 11.9. The second-order valence-electron chi connectivity index (χ2n) is 24.2. The van der Waals surface area contributed by atoms with Crippen LogP contribution in [0.3, 0.4) is 0 Å². The topological polar surface area (TPSA) is 71.1 Å². The molecule has 0 spiro atoms. The SMILES string of the molecule is CCCCCCCCCCCCCCCCCCOc1cc(COC(=O)[C@@H](CC(C)=O)CC(C)C)cc(OCCCCCCCCCCCCCCCCCC)c1OCCCCCCCCCCCCCCCCCC. The van der Waals surface area contributed by atoms with E-state index in [4.69, 9.17) is 18.9 Å². The Morgan fingerprint density at radius 1 is 0.368 bits per heavy atom. The Labute approximate surface area is 474 Å². The van der Waals surface area contributed by atoms with Crippen molar-refractivity contribution in [1.82, 2.24) is 0 Å². The molecule has 0 radical (unpaired) electrons. The van der Waals surface area contributed by atoms with Gasteiger partial charge in [-0.2, -0.15) is 0 Å². The fraction of sp³-hybridized carbons (Fsp3) is 0.886. The van der Waals surface area contributed by atoms with Crippen LogP contribution in [0.25, 0.3) is 0 Å². The van der Waals surface area contributed by atoms with Gasteiger partial charge in [0.15, 0.2) is 11.5 Å². The molecule has 76 heavy (non-hydrogen) atoms. The number of Topliss-reactive ketones (excluding diaryl/α,β-unsaturated/α-hetero) is 1. The maximum atomic E-state index is 13.4. The summed E-state index contributed by atoms with van der Waals surface area (Å²) >= 11 is 0. The van der Waals surface area contributed by atoms with Crippen molar-refractivity contribution in [1.29, 1.82) is 0 Å². The number of carbonyl (C=O) groups is 2. The summed E-state index contributed by atoms with van der Waals surface area (Å²) in [5, 5.41) is 0. The molecule has 0 aliphatic rings. The molecule has 1 rings (SSSR count). The summed E-state index contributed by atoms with van der Waals surface area (Å²) in [5.41, 5.74) is 0.832. The van der Waals surface area contributed by atoms with Crippen molar-refractivity contribution in [3.05, 3.63) is 17.7 Å². The van der Waals surface area contributed by atoms with Gasteiger partial charge in [-0.15, -0.1) is 0 Å². The molecule has 0 bridgehead atoms. The van der Waals surface area contributed by atoms with Gasteiger partial charge in [0.1, 0.15) is 12.4 Å². The highest BCUT2D eigenvalue weighted by molar-refractivity contribution is 5.82. The lowest BCUT2D eigenvalue weighted by Crippen LogP contribution is -2.22. The van der Waals surface area contributed by atoms with Gasteiger partial charge in [-0.25, -0.2) is 0 Å². The Hall–Kier alpha value is -2.24. The van der Waals surface area contributed by atoms with Crippen molar-refractivity contribution < 1.29 is 28.5 Å². The molecule has 0 saturated carbocycles. The van der Waals surface area contributed by atoms with Crippen LogP contribution in [0.1, 0.15) is 368 Å². The van der Waals surface area contributed by atoms with Crippen molar-refractivity contribution in [2.24, 2.45) is 11.8 Å². The summed E-state index contributed by atoms with van der Waals surface area (Å²) in [7, 11) is 0. The molecule has 0 aliphatic carbocycles. The van der Waals surface area contributed by atoms with Gasteiger partial charge in [-0.1, -0.05) is 324 Å². The van der Waals surface area contributed by atoms with Crippen LogP contribution in [0.4, 0.5) is 0 Å². The van der Waals surface area contributed by atoms with Crippen LogP contribution in [-0.2, 0) is 20.9 Å². The fourth-order valence-corrected chi connectivity index (χ4v) is 11.0.